The van der Waals surface area contributed by atoms with Gasteiger partial charge in [0.15, 0.2) is 5.75 Å². The maximum Gasteiger partial charge on any atom is 0.156 e. The van der Waals surface area contributed by atoms with Crippen molar-refractivity contribution in [3.05, 3.63) is 18.2 Å². The Hall–Kier alpha value is -1.12. The molecule has 14 heavy (non-hydrogen) atoms. The van der Waals surface area contributed by atoms with Crippen molar-refractivity contribution < 1.29 is 4.74 Å². The van der Waals surface area contributed by atoms with Gasteiger partial charge >= 0.3 is 0 Å². The maximum absolute atomic E-state index is 5.83. The van der Waals surface area contributed by atoms with Crippen LogP contribution in [-0.4, -0.2) is 15.6 Å². The Bertz CT molecular complexity index is 278. The van der Waals surface area contributed by atoms with Gasteiger partial charge in [-0.3, -0.25) is 0 Å². The topological polar surface area (TPSA) is 35.0 Å². The van der Waals surface area contributed by atoms with Crippen LogP contribution in [0.2, 0.25) is 0 Å². The summed E-state index contributed by atoms with van der Waals surface area (Å²) in [5, 5.41) is 0. The van der Waals surface area contributed by atoms with Crippen molar-refractivity contribution in [3.8, 4) is 5.75 Å². The number of aromatic nitrogens is 2. The number of nitrogens with zero attached hydrogens (tertiary/aromatic N) is 2. The van der Waals surface area contributed by atoms with E-state index in [1.807, 2.05) is 6.92 Å². The summed E-state index contributed by atoms with van der Waals surface area (Å²) >= 11 is 0. The number of rotatable bonds is 4. The van der Waals surface area contributed by atoms with Gasteiger partial charge in [0.1, 0.15) is 11.4 Å². The first-order chi connectivity index (χ1) is 6.59. The highest BCUT2D eigenvalue weighted by Crippen LogP contribution is 2.22. The fourth-order valence-electron chi connectivity index (χ4n) is 1.11. The summed E-state index contributed by atoms with van der Waals surface area (Å²) in [6, 6.07) is 0. The monoisotopic (exact) mass is 194 g/mol. The van der Waals surface area contributed by atoms with Gasteiger partial charge in [0.2, 0.25) is 0 Å². The molecule has 1 heterocycles. The van der Waals surface area contributed by atoms with Crippen LogP contribution in [0.3, 0.4) is 0 Å². The normalized spacial score (nSPS) is 11.4. The summed E-state index contributed by atoms with van der Waals surface area (Å²) in [4.78, 5) is 8.19. The minimum absolute atomic E-state index is 0.0986. The lowest BCUT2D eigenvalue weighted by atomic mass is 10.0. The average Bonchev–Trinajstić information content (AvgIpc) is 2.21. The third-order valence-electron chi connectivity index (χ3n) is 2.62. The van der Waals surface area contributed by atoms with Crippen LogP contribution in [0.5, 0.6) is 5.75 Å². The molecule has 3 nitrogen and oxygen atoms in total. The molecule has 3 heteroatoms. The first-order valence-corrected chi connectivity index (χ1v) is 5.07. The molecule has 0 radical (unpaired) electrons. The predicted molar refractivity (Wildman–Crippen MR) is 56.4 cm³/mol. The van der Waals surface area contributed by atoms with E-state index in [9.17, 15) is 0 Å². The largest absolute Gasteiger partial charge is 0.484 e. The number of ether oxygens (including phenoxy) is 1. The van der Waals surface area contributed by atoms with Crippen molar-refractivity contribution >= 4 is 0 Å². The zero-order chi connectivity index (χ0) is 10.6. The highest BCUT2D eigenvalue weighted by molar-refractivity contribution is 5.13. The summed E-state index contributed by atoms with van der Waals surface area (Å²) in [7, 11) is 0. The summed E-state index contributed by atoms with van der Waals surface area (Å²) in [5.41, 5.74) is -0.0986. The van der Waals surface area contributed by atoms with Crippen molar-refractivity contribution in [1.29, 1.82) is 0 Å². The van der Waals surface area contributed by atoms with Gasteiger partial charge < -0.3 is 4.74 Å². The minimum Gasteiger partial charge on any atom is -0.484 e. The van der Waals surface area contributed by atoms with E-state index in [2.05, 4.69) is 30.7 Å². The van der Waals surface area contributed by atoms with E-state index in [1.54, 1.807) is 12.4 Å². The Labute approximate surface area is 85.5 Å². The number of hydrogen-bond acceptors (Lipinski definition) is 3. The first-order valence-electron chi connectivity index (χ1n) is 5.07. The molecule has 0 saturated heterocycles. The van der Waals surface area contributed by atoms with Crippen LogP contribution >= 0.6 is 0 Å². The molecular weight excluding hydrogens is 176 g/mol. The lowest BCUT2D eigenvalue weighted by molar-refractivity contribution is 0.0793. The summed E-state index contributed by atoms with van der Waals surface area (Å²) in [5.74, 6) is 1.52. The highest BCUT2D eigenvalue weighted by Gasteiger charge is 2.21. The molecule has 0 aliphatic carbocycles. The molecule has 0 bridgehead atoms. The summed E-state index contributed by atoms with van der Waals surface area (Å²) in [6.07, 6.45) is 5.42. The molecule has 0 spiro atoms. The molecule has 0 atom stereocenters. The van der Waals surface area contributed by atoms with Gasteiger partial charge in [0.05, 0.1) is 12.4 Å². The van der Waals surface area contributed by atoms with Crippen molar-refractivity contribution in [2.45, 2.75) is 46.1 Å². The lowest BCUT2D eigenvalue weighted by Gasteiger charge is -2.27. The molecule has 0 fully saturated rings. The van der Waals surface area contributed by atoms with E-state index >= 15 is 0 Å². The van der Waals surface area contributed by atoms with Gasteiger partial charge in [-0.05, 0) is 26.7 Å². The quantitative estimate of drug-likeness (QED) is 0.739. The van der Waals surface area contributed by atoms with Crippen LogP contribution < -0.4 is 4.74 Å². The van der Waals surface area contributed by atoms with Gasteiger partial charge in [-0.25, -0.2) is 9.97 Å². The lowest BCUT2D eigenvalue weighted by Crippen LogP contribution is -2.30. The molecule has 0 amide bonds. The van der Waals surface area contributed by atoms with Crippen molar-refractivity contribution in [1.82, 2.24) is 9.97 Å². The van der Waals surface area contributed by atoms with E-state index in [4.69, 9.17) is 4.74 Å². The molecule has 0 unspecified atom stereocenters. The van der Waals surface area contributed by atoms with E-state index in [0.29, 0.717) is 0 Å². The molecule has 1 rings (SSSR count). The van der Waals surface area contributed by atoms with Crippen molar-refractivity contribution in [2.24, 2.45) is 0 Å². The van der Waals surface area contributed by atoms with Crippen molar-refractivity contribution in [2.75, 3.05) is 0 Å². The van der Waals surface area contributed by atoms with Crippen LogP contribution in [0.25, 0.3) is 0 Å². The molecule has 78 valence electrons. The number of hydrogen-bond donors (Lipinski definition) is 0. The van der Waals surface area contributed by atoms with Crippen LogP contribution in [0, 0.1) is 6.92 Å². The zero-order valence-corrected chi connectivity index (χ0v) is 9.37. The highest BCUT2D eigenvalue weighted by atomic mass is 16.5. The van der Waals surface area contributed by atoms with E-state index in [0.717, 1.165) is 24.4 Å². The van der Waals surface area contributed by atoms with Crippen LogP contribution in [0.1, 0.15) is 39.4 Å². The Balaban J connectivity index is 2.72. The van der Waals surface area contributed by atoms with Gasteiger partial charge in [-0.1, -0.05) is 13.8 Å². The Morgan fingerprint density at radius 2 is 1.71 bits per heavy atom. The third kappa shape index (κ3) is 2.69. The van der Waals surface area contributed by atoms with Crippen LogP contribution in [0.4, 0.5) is 0 Å². The molecule has 0 aliphatic rings. The van der Waals surface area contributed by atoms with E-state index in [1.165, 1.54) is 0 Å². The zero-order valence-electron chi connectivity index (χ0n) is 9.37. The van der Waals surface area contributed by atoms with Crippen LogP contribution in [0.15, 0.2) is 12.4 Å². The fraction of sp³-hybridized carbons (Fsp3) is 0.636. The molecule has 0 saturated carbocycles. The molecule has 0 N–H and O–H groups in total. The van der Waals surface area contributed by atoms with E-state index in [-0.39, 0.29) is 5.60 Å². The molecule has 0 aromatic carbocycles. The second-order valence-electron chi connectivity index (χ2n) is 3.73. The summed E-state index contributed by atoms with van der Waals surface area (Å²) < 4.78 is 5.83. The van der Waals surface area contributed by atoms with Crippen LogP contribution in [-0.2, 0) is 0 Å². The Kier molecular flexibility index (Phi) is 3.44. The molecule has 0 aliphatic heterocycles. The molecular formula is C11H18N2O. The standard InChI is InChI=1S/C11H18N2O/c1-5-11(4,6-2)14-10-7-12-9(3)13-8-10/h7-8H,5-6H2,1-4H3. The summed E-state index contributed by atoms with van der Waals surface area (Å²) in [6.45, 7) is 8.21. The van der Waals surface area contributed by atoms with Gasteiger partial charge in [0, 0.05) is 0 Å². The Morgan fingerprint density at radius 3 is 2.14 bits per heavy atom. The van der Waals surface area contributed by atoms with Gasteiger partial charge in [-0.2, -0.15) is 0 Å². The third-order valence-corrected chi connectivity index (χ3v) is 2.62. The second-order valence-corrected chi connectivity index (χ2v) is 3.73. The second kappa shape index (κ2) is 4.40. The molecule has 1 aromatic heterocycles. The Morgan fingerprint density at radius 1 is 1.21 bits per heavy atom. The smallest absolute Gasteiger partial charge is 0.156 e. The number of aryl methyl sites for hydroxylation is 1. The fourth-order valence-corrected chi connectivity index (χ4v) is 1.11. The van der Waals surface area contributed by atoms with Gasteiger partial charge in [-0.15, -0.1) is 0 Å². The SMILES string of the molecule is CCC(C)(CC)Oc1cnc(C)nc1. The minimum atomic E-state index is -0.0986. The van der Waals surface area contributed by atoms with E-state index < -0.39 is 0 Å². The van der Waals surface area contributed by atoms with Crippen molar-refractivity contribution in [3.63, 3.8) is 0 Å². The van der Waals surface area contributed by atoms with Gasteiger partial charge in [0.25, 0.3) is 0 Å². The maximum atomic E-state index is 5.83. The average molecular weight is 194 g/mol. The predicted octanol–water partition coefficient (Wildman–Crippen LogP) is 2.74. The molecule has 1 aromatic rings. The first kappa shape index (κ1) is 11.0.